The van der Waals surface area contributed by atoms with Gasteiger partial charge in [-0.1, -0.05) is 19.1 Å². The molecular weight excluding hydrogens is 302 g/mol. The normalized spacial score (nSPS) is 17.0. The van der Waals surface area contributed by atoms with Crippen molar-refractivity contribution in [2.24, 2.45) is 0 Å². The van der Waals surface area contributed by atoms with Crippen LogP contribution in [0.1, 0.15) is 30.6 Å². The van der Waals surface area contributed by atoms with Crippen molar-refractivity contribution in [2.75, 3.05) is 0 Å². The molecule has 7 heteroatoms. The molecule has 1 N–H and O–H groups in total. The molecule has 124 valence electrons. The van der Waals surface area contributed by atoms with Crippen molar-refractivity contribution in [3.63, 3.8) is 0 Å². The van der Waals surface area contributed by atoms with Gasteiger partial charge in [-0.2, -0.15) is 5.10 Å². The third-order valence-corrected chi connectivity index (χ3v) is 4.55. The molecule has 0 amide bonds. The molecule has 0 radical (unpaired) electrons. The summed E-state index contributed by atoms with van der Waals surface area (Å²) in [6, 6.07) is 8.87. The fraction of sp³-hybridized carbons (Fsp3) is 0.412. The minimum Gasteiger partial charge on any atom is -0.313 e. The summed E-state index contributed by atoms with van der Waals surface area (Å²) < 4.78 is 4.03. The minimum absolute atomic E-state index is 0.466. The first-order valence-electron chi connectivity index (χ1n) is 8.41. The Morgan fingerprint density at radius 1 is 1.21 bits per heavy atom. The lowest BCUT2D eigenvalue weighted by Gasteiger charge is -2.25. The summed E-state index contributed by atoms with van der Waals surface area (Å²) in [5, 5.41) is 16.4. The van der Waals surface area contributed by atoms with Crippen molar-refractivity contribution in [3.8, 4) is 5.69 Å². The maximum absolute atomic E-state index is 4.29. The monoisotopic (exact) mass is 323 g/mol. The van der Waals surface area contributed by atoms with Crippen molar-refractivity contribution in [1.29, 1.82) is 0 Å². The Morgan fingerprint density at radius 2 is 2.08 bits per heavy atom. The van der Waals surface area contributed by atoms with E-state index >= 15 is 0 Å². The van der Waals surface area contributed by atoms with Crippen molar-refractivity contribution in [1.82, 2.24) is 34.8 Å². The van der Waals surface area contributed by atoms with E-state index in [2.05, 4.69) is 61.4 Å². The topological polar surface area (TPSA) is 73.5 Å². The molecule has 24 heavy (non-hydrogen) atoms. The highest BCUT2D eigenvalue weighted by Gasteiger charge is 2.21. The van der Waals surface area contributed by atoms with E-state index in [0.29, 0.717) is 6.04 Å². The van der Waals surface area contributed by atoms with Gasteiger partial charge in [0.1, 0.15) is 24.3 Å². The largest absolute Gasteiger partial charge is 0.313 e. The summed E-state index contributed by atoms with van der Waals surface area (Å²) in [5.41, 5.74) is 2.29. The predicted octanol–water partition coefficient (Wildman–Crippen LogP) is 1.53. The van der Waals surface area contributed by atoms with Gasteiger partial charge in [0.15, 0.2) is 0 Å². The number of benzene rings is 1. The van der Waals surface area contributed by atoms with Crippen molar-refractivity contribution in [2.45, 2.75) is 45.3 Å². The summed E-state index contributed by atoms with van der Waals surface area (Å²) >= 11 is 0. The number of rotatable bonds is 5. The molecule has 0 saturated carbocycles. The Bertz CT molecular complexity index is 775. The first kappa shape index (κ1) is 15.0. The van der Waals surface area contributed by atoms with Gasteiger partial charge in [0.05, 0.1) is 5.69 Å². The van der Waals surface area contributed by atoms with Crippen LogP contribution in [0.2, 0.25) is 0 Å². The third-order valence-electron chi connectivity index (χ3n) is 4.55. The minimum atomic E-state index is 0.466. The average molecular weight is 323 g/mol. The Kier molecular flexibility index (Phi) is 4.08. The van der Waals surface area contributed by atoms with Crippen LogP contribution < -0.4 is 5.32 Å². The highest BCUT2D eigenvalue weighted by atomic mass is 15.3. The molecular formula is C17H21N7. The van der Waals surface area contributed by atoms with E-state index in [9.17, 15) is 0 Å². The zero-order valence-corrected chi connectivity index (χ0v) is 13.8. The van der Waals surface area contributed by atoms with Gasteiger partial charge in [0.2, 0.25) is 0 Å². The lowest BCUT2D eigenvalue weighted by atomic mass is 10.1. The second kappa shape index (κ2) is 6.52. The molecule has 0 saturated heterocycles. The molecule has 0 unspecified atom stereocenters. The van der Waals surface area contributed by atoms with E-state index in [0.717, 1.165) is 49.7 Å². The number of hydrogen-bond donors (Lipinski definition) is 1. The third kappa shape index (κ3) is 2.94. The number of aryl methyl sites for hydroxylation is 2. The van der Waals surface area contributed by atoms with Crippen molar-refractivity contribution >= 4 is 0 Å². The van der Waals surface area contributed by atoms with Crippen LogP contribution in [-0.4, -0.2) is 35.6 Å². The van der Waals surface area contributed by atoms with E-state index < -0.39 is 0 Å². The first-order chi connectivity index (χ1) is 11.8. The van der Waals surface area contributed by atoms with E-state index in [-0.39, 0.29) is 0 Å². The van der Waals surface area contributed by atoms with Crippen molar-refractivity contribution in [3.05, 3.63) is 54.1 Å². The van der Waals surface area contributed by atoms with E-state index in [4.69, 9.17) is 0 Å². The fourth-order valence-corrected chi connectivity index (χ4v) is 3.18. The highest BCUT2D eigenvalue weighted by molar-refractivity contribution is 5.33. The number of nitrogens with zero attached hydrogens (tertiary/aromatic N) is 6. The molecule has 3 heterocycles. The SMILES string of the molecule is CCc1nnc2n1C[C@@H](NCc1ccc(-n3cncn3)cc1)CC2. The summed E-state index contributed by atoms with van der Waals surface area (Å²) in [4.78, 5) is 3.97. The summed E-state index contributed by atoms with van der Waals surface area (Å²) in [6.07, 6.45) is 6.29. The van der Waals surface area contributed by atoms with Gasteiger partial charge >= 0.3 is 0 Å². The fourth-order valence-electron chi connectivity index (χ4n) is 3.18. The molecule has 0 fully saturated rings. The molecule has 1 aliphatic rings. The van der Waals surface area contributed by atoms with Crippen LogP contribution in [0.15, 0.2) is 36.9 Å². The molecule has 4 rings (SSSR count). The van der Waals surface area contributed by atoms with Gasteiger partial charge < -0.3 is 9.88 Å². The molecule has 3 aromatic rings. The van der Waals surface area contributed by atoms with Gasteiger partial charge in [-0.15, -0.1) is 10.2 Å². The zero-order valence-electron chi connectivity index (χ0n) is 13.8. The molecule has 1 aromatic carbocycles. The molecule has 1 aliphatic heterocycles. The van der Waals surface area contributed by atoms with Gasteiger partial charge in [0, 0.05) is 32.0 Å². The zero-order chi connectivity index (χ0) is 16.4. The molecule has 0 spiro atoms. The Balaban J connectivity index is 1.37. The number of nitrogens with one attached hydrogen (secondary N) is 1. The van der Waals surface area contributed by atoms with Gasteiger partial charge in [-0.25, -0.2) is 9.67 Å². The Morgan fingerprint density at radius 3 is 2.83 bits per heavy atom. The standard InChI is InChI=1S/C17H21N7/c1-2-16-21-22-17-8-5-14(10-23(16)17)19-9-13-3-6-15(7-4-13)24-12-18-11-20-24/h3-4,6-7,11-12,14,19H,2,5,8-10H2,1H3/t14-/m0/s1. The lowest BCUT2D eigenvalue weighted by Crippen LogP contribution is -2.37. The van der Waals surface area contributed by atoms with Crippen LogP contribution in [0.25, 0.3) is 5.69 Å². The quantitative estimate of drug-likeness (QED) is 0.771. The Labute approximate surface area is 140 Å². The maximum atomic E-state index is 4.29. The smallest absolute Gasteiger partial charge is 0.138 e. The summed E-state index contributed by atoms with van der Waals surface area (Å²) in [5.74, 6) is 2.22. The predicted molar refractivity (Wildman–Crippen MR) is 89.7 cm³/mol. The lowest BCUT2D eigenvalue weighted by molar-refractivity contribution is 0.373. The van der Waals surface area contributed by atoms with Gasteiger partial charge in [0.25, 0.3) is 0 Å². The van der Waals surface area contributed by atoms with E-state index in [1.807, 2.05) is 0 Å². The number of aromatic nitrogens is 6. The maximum Gasteiger partial charge on any atom is 0.138 e. The summed E-state index contributed by atoms with van der Waals surface area (Å²) in [6.45, 7) is 3.95. The number of fused-ring (bicyclic) bond motifs is 1. The first-order valence-corrected chi connectivity index (χ1v) is 8.41. The van der Waals surface area contributed by atoms with Gasteiger partial charge in [-0.05, 0) is 24.1 Å². The van der Waals surface area contributed by atoms with Crippen LogP contribution in [0.5, 0.6) is 0 Å². The van der Waals surface area contributed by atoms with Crippen LogP contribution >= 0.6 is 0 Å². The highest BCUT2D eigenvalue weighted by Crippen LogP contribution is 2.16. The second-order valence-corrected chi connectivity index (χ2v) is 6.12. The molecule has 2 aromatic heterocycles. The number of hydrogen-bond acceptors (Lipinski definition) is 5. The van der Waals surface area contributed by atoms with Crippen LogP contribution in [-0.2, 0) is 25.9 Å². The van der Waals surface area contributed by atoms with E-state index in [1.165, 1.54) is 5.56 Å². The molecule has 7 nitrogen and oxygen atoms in total. The Hall–Kier alpha value is -2.54. The van der Waals surface area contributed by atoms with Crippen molar-refractivity contribution < 1.29 is 0 Å². The molecule has 1 atom stereocenters. The average Bonchev–Trinajstić information content (AvgIpc) is 3.29. The van der Waals surface area contributed by atoms with E-state index in [1.54, 1.807) is 17.3 Å². The van der Waals surface area contributed by atoms with Crippen LogP contribution in [0.4, 0.5) is 0 Å². The summed E-state index contributed by atoms with van der Waals surface area (Å²) in [7, 11) is 0. The van der Waals surface area contributed by atoms with Crippen LogP contribution in [0, 0.1) is 0 Å². The molecule has 0 bridgehead atoms. The van der Waals surface area contributed by atoms with Crippen LogP contribution in [0.3, 0.4) is 0 Å². The second-order valence-electron chi connectivity index (χ2n) is 6.12. The molecule has 0 aliphatic carbocycles. The van der Waals surface area contributed by atoms with Gasteiger partial charge in [-0.3, -0.25) is 0 Å².